The van der Waals surface area contributed by atoms with Crippen molar-refractivity contribution in [1.82, 2.24) is 4.90 Å². The van der Waals surface area contributed by atoms with Crippen LogP contribution in [-0.4, -0.2) is 53.0 Å². The van der Waals surface area contributed by atoms with E-state index in [1.807, 2.05) is 0 Å². The molecule has 0 aromatic rings. The lowest BCUT2D eigenvalue weighted by Crippen LogP contribution is -2.57. The second kappa shape index (κ2) is 4.91. The van der Waals surface area contributed by atoms with Crippen LogP contribution in [0, 0.1) is 0 Å². The van der Waals surface area contributed by atoms with Crippen LogP contribution >= 0.6 is 0 Å². The number of carbonyl (C=O) groups is 2. The van der Waals surface area contributed by atoms with Crippen molar-refractivity contribution in [2.45, 2.75) is 45.5 Å². The van der Waals surface area contributed by atoms with Gasteiger partial charge in [-0.3, -0.25) is 0 Å². The average molecular weight is 245 g/mol. The van der Waals surface area contributed by atoms with Crippen LogP contribution in [0.25, 0.3) is 0 Å². The molecule has 0 radical (unpaired) electrons. The van der Waals surface area contributed by atoms with E-state index in [0.717, 1.165) is 0 Å². The van der Waals surface area contributed by atoms with Crippen molar-refractivity contribution in [2.75, 3.05) is 13.1 Å². The van der Waals surface area contributed by atoms with Crippen molar-refractivity contribution in [2.24, 2.45) is 0 Å². The Labute approximate surface area is 100 Å². The van der Waals surface area contributed by atoms with Crippen molar-refractivity contribution in [3.8, 4) is 0 Å². The smallest absolute Gasteiger partial charge is 0.410 e. The van der Waals surface area contributed by atoms with Crippen LogP contribution in [0.4, 0.5) is 4.79 Å². The second-order valence-corrected chi connectivity index (χ2v) is 5.12. The Hall–Kier alpha value is -1.30. The molecule has 1 unspecified atom stereocenters. The Morgan fingerprint density at radius 2 is 1.88 bits per heavy atom. The van der Waals surface area contributed by atoms with E-state index in [-0.39, 0.29) is 12.2 Å². The fourth-order valence-corrected chi connectivity index (χ4v) is 1.35. The number of rotatable bonds is 3. The first-order valence-electron chi connectivity index (χ1n) is 5.55. The number of carbonyl (C=O) groups excluding carboxylic acids is 1. The standard InChI is InChI=1S/C11H19NO5/c1-7(9(13)14)16-8-5-12(6-8)10(15)17-11(2,3)4/h7-8H,5-6H2,1-4H3,(H,13,14). The molecule has 1 amide bonds. The number of amides is 1. The number of carboxylic acid groups (broad SMARTS) is 1. The fraction of sp³-hybridized carbons (Fsp3) is 0.818. The summed E-state index contributed by atoms with van der Waals surface area (Å²) in [7, 11) is 0. The molecule has 98 valence electrons. The number of aliphatic carboxylic acids is 1. The largest absolute Gasteiger partial charge is 0.479 e. The highest BCUT2D eigenvalue weighted by molar-refractivity contribution is 5.72. The summed E-state index contributed by atoms with van der Waals surface area (Å²) in [6.07, 6.45) is -1.45. The van der Waals surface area contributed by atoms with Gasteiger partial charge < -0.3 is 19.5 Å². The summed E-state index contributed by atoms with van der Waals surface area (Å²) >= 11 is 0. The van der Waals surface area contributed by atoms with Gasteiger partial charge in [0, 0.05) is 0 Å². The molecule has 1 N–H and O–H groups in total. The second-order valence-electron chi connectivity index (χ2n) is 5.12. The van der Waals surface area contributed by atoms with E-state index in [1.54, 1.807) is 20.8 Å². The predicted octanol–water partition coefficient (Wildman–Crippen LogP) is 1.10. The molecule has 1 heterocycles. The third-order valence-electron chi connectivity index (χ3n) is 2.24. The van der Waals surface area contributed by atoms with E-state index in [9.17, 15) is 9.59 Å². The molecule has 0 spiro atoms. The molecule has 1 aliphatic rings. The zero-order valence-corrected chi connectivity index (χ0v) is 10.6. The lowest BCUT2D eigenvalue weighted by Gasteiger charge is -2.39. The molecule has 0 aromatic carbocycles. The zero-order valence-electron chi connectivity index (χ0n) is 10.6. The monoisotopic (exact) mass is 245 g/mol. The summed E-state index contributed by atoms with van der Waals surface area (Å²) in [5.74, 6) is -0.999. The Kier molecular flexibility index (Phi) is 3.98. The quantitative estimate of drug-likeness (QED) is 0.805. The summed E-state index contributed by atoms with van der Waals surface area (Å²) in [5, 5.41) is 8.65. The number of ether oxygens (including phenoxy) is 2. The van der Waals surface area contributed by atoms with Gasteiger partial charge in [0.25, 0.3) is 0 Å². The van der Waals surface area contributed by atoms with Crippen LogP contribution in [0.1, 0.15) is 27.7 Å². The van der Waals surface area contributed by atoms with Crippen LogP contribution in [-0.2, 0) is 14.3 Å². The van der Waals surface area contributed by atoms with E-state index in [1.165, 1.54) is 11.8 Å². The van der Waals surface area contributed by atoms with E-state index in [2.05, 4.69) is 0 Å². The molecular weight excluding hydrogens is 226 g/mol. The Bertz CT molecular complexity index is 303. The van der Waals surface area contributed by atoms with Gasteiger partial charge in [-0.05, 0) is 27.7 Å². The molecule has 1 rings (SSSR count). The van der Waals surface area contributed by atoms with Gasteiger partial charge >= 0.3 is 12.1 Å². The van der Waals surface area contributed by atoms with Crippen molar-refractivity contribution >= 4 is 12.1 Å². The summed E-state index contributed by atoms with van der Waals surface area (Å²) < 4.78 is 10.4. The van der Waals surface area contributed by atoms with Crippen LogP contribution in [0.3, 0.4) is 0 Å². The minimum atomic E-state index is -0.999. The molecule has 0 aromatic heterocycles. The van der Waals surface area contributed by atoms with E-state index in [0.29, 0.717) is 13.1 Å². The van der Waals surface area contributed by atoms with Crippen LogP contribution in [0.15, 0.2) is 0 Å². The molecule has 1 aliphatic heterocycles. The maximum atomic E-state index is 11.5. The van der Waals surface area contributed by atoms with Crippen molar-refractivity contribution in [3.05, 3.63) is 0 Å². The average Bonchev–Trinajstić information content (AvgIpc) is 2.06. The minimum absolute atomic E-state index is 0.214. The van der Waals surface area contributed by atoms with Crippen molar-refractivity contribution < 1.29 is 24.2 Å². The molecule has 17 heavy (non-hydrogen) atoms. The highest BCUT2D eigenvalue weighted by atomic mass is 16.6. The van der Waals surface area contributed by atoms with Crippen molar-refractivity contribution in [3.63, 3.8) is 0 Å². The Morgan fingerprint density at radius 3 is 2.29 bits per heavy atom. The SMILES string of the molecule is CC(OC1CN(C(=O)OC(C)(C)C)C1)C(=O)O. The summed E-state index contributed by atoms with van der Waals surface area (Å²) in [4.78, 5) is 23.6. The maximum Gasteiger partial charge on any atom is 0.410 e. The number of hydrogen-bond donors (Lipinski definition) is 1. The van der Waals surface area contributed by atoms with Crippen LogP contribution < -0.4 is 0 Å². The number of hydrogen-bond acceptors (Lipinski definition) is 4. The first-order valence-corrected chi connectivity index (χ1v) is 5.55. The third kappa shape index (κ3) is 4.22. The highest BCUT2D eigenvalue weighted by Crippen LogP contribution is 2.18. The molecule has 0 bridgehead atoms. The summed E-state index contributed by atoms with van der Waals surface area (Å²) in [6, 6.07) is 0. The lowest BCUT2D eigenvalue weighted by atomic mass is 10.1. The fourth-order valence-electron chi connectivity index (χ4n) is 1.35. The highest BCUT2D eigenvalue weighted by Gasteiger charge is 2.35. The molecule has 1 fully saturated rings. The Morgan fingerprint density at radius 1 is 1.35 bits per heavy atom. The zero-order chi connectivity index (χ0) is 13.2. The van der Waals surface area contributed by atoms with E-state index < -0.39 is 17.7 Å². The van der Waals surface area contributed by atoms with Gasteiger partial charge in [0.1, 0.15) is 5.60 Å². The van der Waals surface area contributed by atoms with Crippen LogP contribution in [0.2, 0.25) is 0 Å². The normalized spacial score (nSPS) is 18.5. The number of carboxylic acids is 1. The summed E-state index contributed by atoms with van der Waals surface area (Å²) in [6.45, 7) is 7.62. The van der Waals surface area contributed by atoms with Gasteiger partial charge in [-0.25, -0.2) is 9.59 Å². The Balaban J connectivity index is 2.27. The van der Waals surface area contributed by atoms with E-state index >= 15 is 0 Å². The van der Waals surface area contributed by atoms with Crippen molar-refractivity contribution in [1.29, 1.82) is 0 Å². The summed E-state index contributed by atoms with van der Waals surface area (Å²) in [5.41, 5.74) is -0.516. The molecule has 0 saturated carbocycles. The van der Waals surface area contributed by atoms with Gasteiger partial charge in [0.15, 0.2) is 6.10 Å². The minimum Gasteiger partial charge on any atom is -0.479 e. The molecule has 1 saturated heterocycles. The molecule has 1 atom stereocenters. The maximum absolute atomic E-state index is 11.5. The van der Waals surface area contributed by atoms with Gasteiger partial charge in [0.05, 0.1) is 19.2 Å². The van der Waals surface area contributed by atoms with Crippen LogP contribution in [0.5, 0.6) is 0 Å². The third-order valence-corrected chi connectivity index (χ3v) is 2.24. The van der Waals surface area contributed by atoms with Gasteiger partial charge in [-0.1, -0.05) is 0 Å². The first kappa shape index (κ1) is 13.8. The first-order chi connectivity index (χ1) is 7.69. The molecule has 6 nitrogen and oxygen atoms in total. The predicted molar refractivity (Wildman–Crippen MR) is 59.8 cm³/mol. The number of nitrogens with zero attached hydrogens (tertiary/aromatic N) is 1. The van der Waals surface area contributed by atoms with E-state index in [4.69, 9.17) is 14.6 Å². The topological polar surface area (TPSA) is 76.1 Å². The molecular formula is C11H19NO5. The van der Waals surface area contributed by atoms with Gasteiger partial charge in [0.2, 0.25) is 0 Å². The van der Waals surface area contributed by atoms with Gasteiger partial charge in [-0.15, -0.1) is 0 Å². The molecule has 0 aliphatic carbocycles. The number of likely N-dealkylation sites (tertiary alicyclic amines) is 1. The lowest BCUT2D eigenvalue weighted by molar-refractivity contribution is -0.158. The van der Waals surface area contributed by atoms with Gasteiger partial charge in [-0.2, -0.15) is 0 Å². The molecule has 6 heteroatoms.